The van der Waals surface area contributed by atoms with Gasteiger partial charge in [-0.15, -0.1) is 0 Å². The van der Waals surface area contributed by atoms with Gasteiger partial charge < -0.3 is 6.92 Å². The third kappa shape index (κ3) is 10.4. The first-order valence-electron chi connectivity index (χ1n) is 3.59. The van der Waals surface area contributed by atoms with Gasteiger partial charge in [0.25, 0.3) is 0 Å². The summed E-state index contributed by atoms with van der Waals surface area (Å²) in [7, 11) is 4.76. The Kier molecular flexibility index (Phi) is 10.8. The quantitative estimate of drug-likeness (QED) is 0.534. The summed E-state index contributed by atoms with van der Waals surface area (Å²) < 4.78 is 0. The first kappa shape index (κ1) is 14.0. The molecule has 0 saturated heterocycles. The Morgan fingerprint density at radius 2 is 2.00 bits per heavy atom. The molecule has 0 aromatic carbocycles. The molecule has 0 aromatic heterocycles. The molecule has 0 aliphatic carbocycles. The van der Waals surface area contributed by atoms with Gasteiger partial charge in [-0.3, -0.25) is 0 Å². The second-order valence-corrected chi connectivity index (χ2v) is 2.95. The molecule has 3 heteroatoms. The molecule has 0 radical (unpaired) electrons. The van der Waals surface area contributed by atoms with E-state index in [1.54, 1.807) is 0 Å². The summed E-state index contributed by atoms with van der Waals surface area (Å²) in [4.78, 5) is 0. The van der Waals surface area contributed by atoms with Crippen LogP contribution in [-0.2, 0) is 17.3 Å². The van der Waals surface area contributed by atoms with E-state index < -0.39 is 0 Å². The van der Waals surface area contributed by atoms with Crippen molar-refractivity contribution < 1.29 is 17.3 Å². The van der Waals surface area contributed by atoms with E-state index in [0.29, 0.717) is 0 Å². The van der Waals surface area contributed by atoms with Gasteiger partial charge in [0.05, 0.1) is 11.5 Å². The molecule has 0 heterocycles. The number of nitriles is 1. The van der Waals surface area contributed by atoms with Crippen LogP contribution in [0.1, 0.15) is 33.1 Å². The van der Waals surface area contributed by atoms with Crippen molar-refractivity contribution in [1.29, 1.82) is 5.26 Å². The number of unbranched alkanes of at least 4 members (excludes halogenated alkanes) is 1. The number of halogens is 1. The van der Waals surface area contributed by atoms with Gasteiger partial charge in [-0.05, 0) is 20.3 Å². The topological polar surface area (TPSA) is 23.8 Å². The van der Waals surface area contributed by atoms with E-state index in [0.717, 1.165) is 36.6 Å². The molecule has 11 heavy (non-hydrogen) atoms. The molecule has 0 saturated carbocycles. The van der Waals surface area contributed by atoms with Crippen LogP contribution in [0, 0.1) is 23.7 Å². The van der Waals surface area contributed by atoms with Gasteiger partial charge in [-0.1, -0.05) is 6.42 Å². The fraction of sp³-hybridized carbons (Fsp3) is 0.750. The summed E-state index contributed by atoms with van der Waals surface area (Å²) in [6, 6.07) is 2.25. The Labute approximate surface area is 83.8 Å². The van der Waals surface area contributed by atoms with Crippen molar-refractivity contribution in [3.8, 4) is 6.07 Å². The zero-order valence-corrected chi connectivity index (χ0v) is 11.1. The molecule has 1 nitrogen and oxygen atoms in total. The molecule has 0 unspecified atom stereocenters. The Hall–Kier alpha value is 0.403. The van der Waals surface area contributed by atoms with Gasteiger partial charge in [0.1, 0.15) is 0 Å². The summed E-state index contributed by atoms with van der Waals surface area (Å²) in [6.07, 6.45) is 2.96. The monoisotopic (exact) mass is 223 g/mol. The van der Waals surface area contributed by atoms with Gasteiger partial charge in [0, 0.05) is 0 Å². The van der Waals surface area contributed by atoms with E-state index >= 15 is 0 Å². The number of hydrogen-bond acceptors (Lipinski definition) is 1. The third-order valence-electron chi connectivity index (χ3n) is 1.35. The second-order valence-electron chi connectivity index (χ2n) is 2.95. The molecule has 60 valence electrons. The number of nitrogens with zero attached hydrogens (tertiary/aromatic N) is 1. The molecule has 0 aliphatic heterocycles. The predicted molar refractivity (Wildman–Crippen MR) is 44.5 cm³/mol. The zero-order chi connectivity index (χ0) is 9.33. The van der Waals surface area contributed by atoms with Crippen LogP contribution in [0.25, 0.3) is 0 Å². The Morgan fingerprint density at radius 1 is 1.55 bits per heavy atom. The summed E-state index contributed by atoms with van der Waals surface area (Å²) >= 11 is 0.847. The summed E-state index contributed by atoms with van der Waals surface area (Å²) in [5.41, 5.74) is -0.141. The fourth-order valence-corrected chi connectivity index (χ4v) is 0.623. The first-order chi connectivity index (χ1) is 5.12. The summed E-state index contributed by atoms with van der Waals surface area (Å²) in [5.74, 6) is 0. The molecule has 0 rings (SSSR count). The third-order valence-corrected chi connectivity index (χ3v) is 1.35. The van der Waals surface area contributed by atoms with Crippen LogP contribution in [0.5, 0.6) is 0 Å². The average molecular weight is 225 g/mol. The van der Waals surface area contributed by atoms with Gasteiger partial charge in [0.2, 0.25) is 0 Å². The molecule has 0 fully saturated rings. The molecule has 0 aromatic rings. The van der Waals surface area contributed by atoms with Crippen molar-refractivity contribution in [1.82, 2.24) is 0 Å². The Morgan fingerprint density at radius 3 is 2.27 bits per heavy atom. The maximum atomic E-state index is 8.55. The Bertz CT molecular complexity index is 118. The van der Waals surface area contributed by atoms with Crippen LogP contribution in [0.2, 0.25) is 0 Å². The molecule has 0 amide bonds. The molecule has 0 spiro atoms. The molecule has 0 N–H and O–H groups in total. The SMILES string of the molecule is [CH2-]CCCC(C)(C)C#N.[Cl][Zn+]. The van der Waals surface area contributed by atoms with Crippen molar-refractivity contribution in [2.45, 2.75) is 33.1 Å². The fourth-order valence-electron chi connectivity index (χ4n) is 0.623. The van der Waals surface area contributed by atoms with Crippen molar-refractivity contribution in [2.24, 2.45) is 5.41 Å². The van der Waals surface area contributed by atoms with Gasteiger partial charge in [0.15, 0.2) is 0 Å². The molecule has 0 aliphatic rings. The van der Waals surface area contributed by atoms with Crippen LogP contribution in [0.4, 0.5) is 0 Å². The maximum absolute atomic E-state index is 8.55. The van der Waals surface area contributed by atoms with Crippen molar-refractivity contribution in [3.63, 3.8) is 0 Å². The molecular weight excluding hydrogens is 211 g/mol. The van der Waals surface area contributed by atoms with Crippen molar-refractivity contribution >= 4 is 9.69 Å². The molecular formula is C8H14ClNZn. The van der Waals surface area contributed by atoms with Crippen LogP contribution in [0.3, 0.4) is 0 Å². The van der Waals surface area contributed by atoms with E-state index in [-0.39, 0.29) is 5.41 Å². The predicted octanol–water partition coefficient (Wildman–Crippen LogP) is 3.23. The van der Waals surface area contributed by atoms with Crippen LogP contribution in [0.15, 0.2) is 0 Å². The zero-order valence-electron chi connectivity index (χ0n) is 7.36. The van der Waals surface area contributed by atoms with Crippen molar-refractivity contribution in [2.75, 3.05) is 0 Å². The summed E-state index contributed by atoms with van der Waals surface area (Å²) in [6.45, 7) is 7.64. The van der Waals surface area contributed by atoms with E-state index in [2.05, 4.69) is 13.0 Å². The summed E-state index contributed by atoms with van der Waals surface area (Å²) in [5, 5.41) is 8.55. The first-order valence-corrected chi connectivity index (χ1v) is 7.49. The van der Waals surface area contributed by atoms with Crippen LogP contribution in [-0.4, -0.2) is 0 Å². The Balaban J connectivity index is 0. The normalized spacial score (nSPS) is 9.55. The molecule has 0 atom stereocenters. The van der Waals surface area contributed by atoms with Crippen LogP contribution < -0.4 is 0 Å². The molecule has 0 bridgehead atoms. The van der Waals surface area contributed by atoms with Crippen molar-refractivity contribution in [3.05, 3.63) is 6.92 Å². The van der Waals surface area contributed by atoms with E-state index in [9.17, 15) is 0 Å². The van der Waals surface area contributed by atoms with Crippen LogP contribution >= 0.6 is 9.69 Å². The van der Waals surface area contributed by atoms with E-state index in [1.807, 2.05) is 13.8 Å². The minimum atomic E-state index is -0.141. The second kappa shape index (κ2) is 8.50. The van der Waals surface area contributed by atoms with Gasteiger partial charge in [-0.25, -0.2) is 0 Å². The number of rotatable bonds is 3. The van der Waals surface area contributed by atoms with E-state index in [1.165, 1.54) is 0 Å². The van der Waals surface area contributed by atoms with Gasteiger partial charge >= 0.3 is 27.0 Å². The standard InChI is InChI=1S/C8H14N.ClH.Zn/c1-4-5-6-8(2,3)7-9;;/h1,4-6H2,2-3H3;1H;/q-1;;+2/p-1. The van der Waals surface area contributed by atoms with E-state index in [4.69, 9.17) is 15.0 Å². The minimum absolute atomic E-state index is 0.141. The average Bonchev–Trinajstić information content (AvgIpc) is 2.05. The number of hydrogen-bond donors (Lipinski definition) is 0. The van der Waals surface area contributed by atoms with Gasteiger partial charge in [-0.2, -0.15) is 11.7 Å².